The fraction of sp³-hybridized carbons (Fsp3) is 0.500. The van der Waals surface area contributed by atoms with Gasteiger partial charge in [0, 0.05) is 19.6 Å². The van der Waals surface area contributed by atoms with Crippen LogP contribution in [-0.4, -0.2) is 72.1 Å². The molecule has 2 heterocycles. The van der Waals surface area contributed by atoms with Gasteiger partial charge in [-0.3, -0.25) is 9.59 Å². The largest absolute Gasteiger partial charge is 0.449 e. The van der Waals surface area contributed by atoms with Gasteiger partial charge in [-0.15, -0.1) is 0 Å². The zero-order chi connectivity index (χ0) is 28.4. The number of primary amides is 1. The molecule has 3 rings (SSSR count). The van der Waals surface area contributed by atoms with Crippen molar-refractivity contribution in [2.24, 2.45) is 17.6 Å². The predicted octanol–water partition coefficient (Wildman–Crippen LogP) is 1.51. The highest BCUT2D eigenvalue weighted by atomic mass is 35.5. The van der Waals surface area contributed by atoms with Crippen LogP contribution in [0.2, 0.25) is 5.15 Å². The van der Waals surface area contributed by atoms with Crippen molar-refractivity contribution in [2.45, 2.75) is 32.6 Å². The summed E-state index contributed by atoms with van der Waals surface area (Å²) in [5, 5.41) is 6.40. The molecule has 0 spiro atoms. The summed E-state index contributed by atoms with van der Waals surface area (Å²) in [6.07, 6.45) is 1.79. The third kappa shape index (κ3) is 9.25. The lowest BCUT2D eigenvalue weighted by atomic mass is 9.94. The Bertz CT molecular complexity index is 1160. The van der Waals surface area contributed by atoms with Gasteiger partial charge in [-0.25, -0.2) is 14.8 Å². The smallest absolute Gasteiger partial charge is 0.404 e. The molecule has 0 bridgehead atoms. The number of aryl methyl sites for hydroxylation is 1. The Morgan fingerprint density at radius 2 is 1.85 bits per heavy atom. The maximum absolute atomic E-state index is 12.8. The fourth-order valence-corrected chi connectivity index (χ4v) is 4.70. The van der Waals surface area contributed by atoms with Gasteiger partial charge in [-0.2, -0.15) is 0 Å². The second-order valence-corrected chi connectivity index (χ2v) is 10.1. The summed E-state index contributed by atoms with van der Waals surface area (Å²) in [5.74, 6) is -0.0794. The summed E-state index contributed by atoms with van der Waals surface area (Å²) < 4.78 is 4.66. The molecule has 0 aliphatic carbocycles. The van der Waals surface area contributed by atoms with Gasteiger partial charge in [0.2, 0.25) is 5.91 Å². The van der Waals surface area contributed by atoms with E-state index < -0.39 is 12.0 Å². The lowest BCUT2D eigenvalue weighted by Gasteiger charge is -2.32. The van der Waals surface area contributed by atoms with Crippen LogP contribution in [-0.2, 0) is 16.0 Å². The van der Waals surface area contributed by atoms with Crippen molar-refractivity contribution in [2.75, 3.05) is 50.8 Å². The number of carbonyl (C=O) groups is 3. The molecule has 0 radical (unpaired) electrons. The molecule has 212 valence electrons. The Morgan fingerprint density at radius 1 is 1.13 bits per heavy atom. The van der Waals surface area contributed by atoms with Gasteiger partial charge in [0.15, 0.2) is 22.5 Å². The van der Waals surface area contributed by atoms with Crippen molar-refractivity contribution in [3.63, 3.8) is 0 Å². The van der Waals surface area contributed by atoms with Gasteiger partial charge < -0.3 is 37.5 Å². The molecule has 1 aromatic heterocycles. The molecule has 1 aliphatic heterocycles. The Hall–Kier alpha value is -3.64. The van der Waals surface area contributed by atoms with Gasteiger partial charge in [0.25, 0.3) is 5.91 Å². The molecule has 12 nitrogen and oxygen atoms in total. The van der Waals surface area contributed by atoms with Crippen molar-refractivity contribution in [1.82, 2.24) is 25.5 Å². The molecule has 2 aromatic rings. The highest BCUT2D eigenvalue weighted by Gasteiger charge is 2.23. The number of nitrogen functional groups attached to an aromatic ring is 2. The Kier molecular flexibility index (Phi) is 11.1. The monoisotopic (exact) mass is 560 g/mol. The molecule has 8 N–H and O–H groups in total. The number of nitrogens with one attached hydrogen (secondary N) is 2. The molecule has 1 saturated heterocycles. The van der Waals surface area contributed by atoms with Crippen molar-refractivity contribution >= 4 is 41.1 Å². The number of piperidine rings is 1. The molecule has 3 amide bonds. The van der Waals surface area contributed by atoms with E-state index in [1.807, 2.05) is 12.1 Å². The fourth-order valence-electron chi connectivity index (χ4n) is 4.57. The molecule has 1 fully saturated rings. The first-order chi connectivity index (χ1) is 18.6. The SMILES string of the molecule is Cc1ccccc1CC(CNCC1CCN(C(=O)CCOC(N)=O)CC1)CNC(=O)c1nc(Cl)c(N)nc1N. The summed E-state index contributed by atoms with van der Waals surface area (Å²) in [5.41, 5.74) is 18.7. The topological polar surface area (TPSA) is 192 Å². The van der Waals surface area contributed by atoms with Gasteiger partial charge in [0.1, 0.15) is 6.61 Å². The number of benzene rings is 1. The van der Waals surface area contributed by atoms with E-state index in [4.69, 9.17) is 28.8 Å². The normalized spacial score (nSPS) is 14.6. The van der Waals surface area contributed by atoms with Gasteiger partial charge >= 0.3 is 6.09 Å². The molecular weight excluding hydrogens is 524 g/mol. The van der Waals surface area contributed by atoms with E-state index in [1.165, 1.54) is 11.1 Å². The summed E-state index contributed by atoms with van der Waals surface area (Å²) in [4.78, 5) is 45.4. The van der Waals surface area contributed by atoms with Crippen LogP contribution in [0.5, 0.6) is 0 Å². The number of ether oxygens (including phenoxy) is 1. The first-order valence-electron chi connectivity index (χ1n) is 13.0. The van der Waals surface area contributed by atoms with Crippen LogP contribution >= 0.6 is 11.6 Å². The number of hydrogen-bond donors (Lipinski definition) is 5. The van der Waals surface area contributed by atoms with Crippen LogP contribution in [0.25, 0.3) is 0 Å². The van der Waals surface area contributed by atoms with Crippen LogP contribution in [0.1, 0.15) is 40.9 Å². The lowest BCUT2D eigenvalue weighted by Crippen LogP contribution is -2.42. The van der Waals surface area contributed by atoms with Gasteiger partial charge in [0.05, 0.1) is 6.42 Å². The first-order valence-corrected chi connectivity index (χ1v) is 13.3. The zero-order valence-electron chi connectivity index (χ0n) is 22.1. The van der Waals surface area contributed by atoms with Crippen LogP contribution in [0, 0.1) is 18.8 Å². The van der Waals surface area contributed by atoms with Crippen molar-refractivity contribution in [3.05, 3.63) is 46.2 Å². The first kappa shape index (κ1) is 29.9. The predicted molar refractivity (Wildman–Crippen MR) is 149 cm³/mol. The van der Waals surface area contributed by atoms with E-state index in [9.17, 15) is 14.4 Å². The quantitative estimate of drug-likeness (QED) is 0.256. The third-order valence-corrected chi connectivity index (χ3v) is 7.11. The van der Waals surface area contributed by atoms with Crippen molar-refractivity contribution in [3.8, 4) is 0 Å². The maximum Gasteiger partial charge on any atom is 0.404 e. The molecule has 13 heteroatoms. The number of likely N-dealkylation sites (tertiary alicyclic amines) is 1. The van der Waals surface area contributed by atoms with E-state index in [1.54, 1.807) is 4.90 Å². The van der Waals surface area contributed by atoms with E-state index in [2.05, 4.69) is 44.4 Å². The lowest BCUT2D eigenvalue weighted by molar-refractivity contribution is -0.133. The highest BCUT2D eigenvalue weighted by Crippen LogP contribution is 2.19. The Labute approximate surface area is 233 Å². The number of nitrogens with two attached hydrogens (primary N) is 3. The summed E-state index contributed by atoms with van der Waals surface area (Å²) in [7, 11) is 0. The standard InChI is InChI=1S/C26H37ClN8O4/c1-16-4-2-3-5-19(16)12-18(15-32-25(37)21-23(28)34-24(29)22(27)33-21)14-31-13-17-6-9-35(10-7-17)20(36)8-11-39-26(30)38/h2-5,17-18,31H,6-15H2,1H3,(H2,30,38)(H,32,37)(H4,28,29,34). The average Bonchev–Trinajstić information content (AvgIpc) is 2.90. The van der Waals surface area contributed by atoms with Gasteiger partial charge in [-0.05, 0) is 62.2 Å². The summed E-state index contributed by atoms with van der Waals surface area (Å²) >= 11 is 5.93. The second kappa shape index (κ2) is 14.5. The van der Waals surface area contributed by atoms with Crippen molar-refractivity contribution in [1.29, 1.82) is 0 Å². The highest BCUT2D eigenvalue weighted by molar-refractivity contribution is 6.31. The van der Waals surface area contributed by atoms with Gasteiger partial charge in [-0.1, -0.05) is 35.9 Å². The van der Waals surface area contributed by atoms with E-state index in [0.29, 0.717) is 32.1 Å². The maximum atomic E-state index is 12.8. The average molecular weight is 561 g/mol. The number of hydrogen-bond acceptors (Lipinski definition) is 9. The number of rotatable bonds is 12. The molecule has 0 saturated carbocycles. The summed E-state index contributed by atoms with van der Waals surface area (Å²) in [6.45, 7) is 5.27. The molecule has 1 unspecified atom stereocenters. The third-order valence-electron chi connectivity index (χ3n) is 6.83. The van der Waals surface area contributed by atoms with E-state index in [0.717, 1.165) is 25.8 Å². The van der Waals surface area contributed by atoms with Crippen LogP contribution < -0.4 is 27.8 Å². The molecular formula is C26H37ClN8O4. The minimum absolute atomic E-state index is 0.000991. The molecule has 1 aliphatic rings. The molecule has 1 atom stereocenters. The minimum atomic E-state index is -0.875. The number of aromatic nitrogens is 2. The number of anilines is 2. The molecule has 1 aromatic carbocycles. The second-order valence-electron chi connectivity index (χ2n) is 9.74. The van der Waals surface area contributed by atoms with E-state index >= 15 is 0 Å². The number of halogens is 1. The number of amides is 3. The zero-order valence-corrected chi connectivity index (χ0v) is 22.9. The van der Waals surface area contributed by atoms with Crippen LogP contribution in [0.3, 0.4) is 0 Å². The number of nitrogens with zero attached hydrogens (tertiary/aromatic N) is 3. The van der Waals surface area contributed by atoms with Crippen LogP contribution in [0.15, 0.2) is 24.3 Å². The van der Waals surface area contributed by atoms with Crippen molar-refractivity contribution < 1.29 is 19.1 Å². The van der Waals surface area contributed by atoms with E-state index in [-0.39, 0.29) is 47.3 Å². The summed E-state index contributed by atoms with van der Waals surface area (Å²) in [6, 6.07) is 8.17. The molecule has 39 heavy (non-hydrogen) atoms. The minimum Gasteiger partial charge on any atom is -0.449 e. The Balaban J connectivity index is 1.51. The Morgan fingerprint density at radius 3 is 2.54 bits per heavy atom. The van der Waals surface area contributed by atoms with Crippen LogP contribution in [0.4, 0.5) is 16.4 Å². The number of carbonyl (C=O) groups excluding carboxylic acids is 3.